The Morgan fingerprint density at radius 2 is 1.95 bits per heavy atom. The van der Waals surface area contributed by atoms with Crippen LogP contribution in [0.5, 0.6) is 0 Å². The van der Waals surface area contributed by atoms with Crippen molar-refractivity contribution in [3.63, 3.8) is 0 Å². The van der Waals surface area contributed by atoms with Crippen LogP contribution in [-0.2, 0) is 15.9 Å². The van der Waals surface area contributed by atoms with Crippen LogP contribution in [0.15, 0.2) is 21.5 Å². The first-order valence-electron chi connectivity index (χ1n) is 7.30. The summed E-state index contributed by atoms with van der Waals surface area (Å²) in [6.07, 6.45) is 4.27. The highest BCUT2D eigenvalue weighted by molar-refractivity contribution is 9.10. The maximum Gasteiger partial charge on any atom is 0.244 e. The molecule has 0 N–H and O–H groups in total. The van der Waals surface area contributed by atoms with Crippen molar-refractivity contribution in [2.24, 2.45) is 5.92 Å². The van der Waals surface area contributed by atoms with Crippen LogP contribution < -0.4 is 0 Å². The average Bonchev–Trinajstić information content (AvgIpc) is 3.31. The third-order valence-electron chi connectivity index (χ3n) is 4.11. The highest BCUT2D eigenvalue weighted by atomic mass is 79.9. The molecule has 2 aliphatic carbocycles. The van der Waals surface area contributed by atoms with Gasteiger partial charge in [-0.3, -0.25) is 0 Å². The molecule has 0 atom stereocenters. The van der Waals surface area contributed by atoms with Crippen molar-refractivity contribution in [1.82, 2.24) is 4.31 Å². The fourth-order valence-electron chi connectivity index (χ4n) is 2.56. The molecule has 0 bridgehead atoms. The molecule has 0 unspecified atom stereocenters. The van der Waals surface area contributed by atoms with E-state index in [0.717, 1.165) is 36.8 Å². The van der Waals surface area contributed by atoms with Crippen LogP contribution in [0.1, 0.15) is 36.8 Å². The van der Waals surface area contributed by atoms with Crippen molar-refractivity contribution in [2.45, 2.75) is 49.4 Å². The van der Waals surface area contributed by atoms with E-state index in [1.54, 1.807) is 10.4 Å². The van der Waals surface area contributed by atoms with Gasteiger partial charge in [0.25, 0.3) is 0 Å². The number of sulfonamides is 1. The van der Waals surface area contributed by atoms with E-state index in [4.69, 9.17) is 11.6 Å². The standard InChI is InChI=1S/C15H19BrClNO2S/c1-10-6-12(8-17)7-14(15(10)16)21(19,20)18(13-4-5-13)9-11-2-3-11/h6-7,11,13H,2-5,8-9H2,1H3. The van der Waals surface area contributed by atoms with Crippen molar-refractivity contribution < 1.29 is 8.42 Å². The minimum Gasteiger partial charge on any atom is -0.207 e. The number of hydrogen-bond donors (Lipinski definition) is 0. The quantitative estimate of drug-likeness (QED) is 0.685. The normalized spacial score (nSPS) is 19.2. The zero-order valence-corrected chi connectivity index (χ0v) is 15.1. The van der Waals surface area contributed by atoms with E-state index >= 15 is 0 Å². The molecule has 2 fully saturated rings. The third-order valence-corrected chi connectivity index (χ3v) is 7.68. The van der Waals surface area contributed by atoms with Crippen LogP contribution >= 0.6 is 27.5 Å². The number of halogens is 2. The zero-order valence-electron chi connectivity index (χ0n) is 12.0. The molecule has 116 valence electrons. The van der Waals surface area contributed by atoms with E-state index in [1.165, 1.54) is 0 Å². The van der Waals surface area contributed by atoms with Crippen LogP contribution in [-0.4, -0.2) is 25.3 Å². The van der Waals surface area contributed by atoms with Crippen LogP contribution in [0, 0.1) is 12.8 Å². The predicted octanol–water partition coefficient (Wildman–Crippen LogP) is 4.06. The Hall–Kier alpha value is -0.100. The minimum atomic E-state index is -3.45. The maximum atomic E-state index is 13.1. The Labute approximate surface area is 139 Å². The van der Waals surface area contributed by atoms with Gasteiger partial charge >= 0.3 is 0 Å². The fourth-order valence-corrected chi connectivity index (χ4v) is 5.51. The third kappa shape index (κ3) is 3.31. The Morgan fingerprint density at radius 1 is 1.29 bits per heavy atom. The molecule has 21 heavy (non-hydrogen) atoms. The minimum absolute atomic E-state index is 0.197. The molecule has 6 heteroatoms. The number of nitrogens with zero attached hydrogens (tertiary/aromatic N) is 1. The molecule has 0 heterocycles. The summed E-state index contributed by atoms with van der Waals surface area (Å²) in [5.41, 5.74) is 1.76. The van der Waals surface area contributed by atoms with Crippen LogP contribution in [0.4, 0.5) is 0 Å². The SMILES string of the molecule is Cc1cc(CCl)cc(S(=O)(=O)N(CC2CC2)C2CC2)c1Br. The van der Waals surface area contributed by atoms with Gasteiger partial charge in [-0.15, -0.1) is 11.6 Å². The average molecular weight is 393 g/mol. The number of rotatable bonds is 6. The molecule has 0 aromatic heterocycles. The summed E-state index contributed by atoms with van der Waals surface area (Å²) in [6, 6.07) is 3.84. The van der Waals surface area contributed by atoms with E-state index in [2.05, 4.69) is 15.9 Å². The summed E-state index contributed by atoms with van der Waals surface area (Å²) in [4.78, 5) is 0.366. The van der Waals surface area contributed by atoms with Gasteiger partial charge in [-0.1, -0.05) is 6.07 Å². The number of alkyl halides is 1. The lowest BCUT2D eigenvalue weighted by Crippen LogP contribution is -2.35. The van der Waals surface area contributed by atoms with E-state index < -0.39 is 10.0 Å². The van der Waals surface area contributed by atoms with E-state index in [9.17, 15) is 8.42 Å². The molecule has 3 rings (SSSR count). The van der Waals surface area contributed by atoms with Gasteiger partial charge in [-0.25, -0.2) is 8.42 Å². The molecular formula is C15H19BrClNO2S. The zero-order chi connectivity index (χ0) is 15.2. The van der Waals surface area contributed by atoms with E-state index in [0.29, 0.717) is 27.7 Å². The van der Waals surface area contributed by atoms with Crippen molar-refractivity contribution in [3.8, 4) is 0 Å². The monoisotopic (exact) mass is 391 g/mol. The molecule has 0 amide bonds. The lowest BCUT2D eigenvalue weighted by molar-refractivity contribution is 0.388. The largest absolute Gasteiger partial charge is 0.244 e. The summed E-state index contributed by atoms with van der Waals surface area (Å²) in [5.74, 6) is 0.874. The molecular weight excluding hydrogens is 374 g/mol. The summed E-state index contributed by atoms with van der Waals surface area (Å²) in [7, 11) is -3.45. The first kappa shape index (κ1) is 15.8. The van der Waals surface area contributed by atoms with Gasteiger partial charge in [0.2, 0.25) is 10.0 Å². The lowest BCUT2D eigenvalue weighted by Gasteiger charge is -2.23. The molecule has 0 radical (unpaired) electrons. The van der Waals surface area contributed by atoms with E-state index in [-0.39, 0.29) is 6.04 Å². The number of aryl methyl sites for hydroxylation is 1. The van der Waals surface area contributed by atoms with Crippen LogP contribution in [0.2, 0.25) is 0 Å². The molecule has 2 aliphatic rings. The second kappa shape index (κ2) is 5.84. The second-order valence-electron chi connectivity index (χ2n) is 6.11. The van der Waals surface area contributed by atoms with E-state index in [1.807, 2.05) is 13.0 Å². The van der Waals surface area contributed by atoms with Crippen molar-refractivity contribution in [2.75, 3.05) is 6.54 Å². The lowest BCUT2D eigenvalue weighted by atomic mass is 10.2. The molecule has 2 saturated carbocycles. The summed E-state index contributed by atoms with van der Waals surface area (Å²) < 4.78 is 28.5. The van der Waals surface area contributed by atoms with Gasteiger partial charge in [0.05, 0.1) is 4.90 Å². The molecule has 0 aliphatic heterocycles. The van der Waals surface area contributed by atoms with Gasteiger partial charge in [-0.2, -0.15) is 4.31 Å². The molecule has 0 spiro atoms. The fraction of sp³-hybridized carbons (Fsp3) is 0.600. The van der Waals surface area contributed by atoms with Gasteiger partial charge in [-0.05, 0) is 71.6 Å². The predicted molar refractivity (Wildman–Crippen MR) is 88.1 cm³/mol. The van der Waals surface area contributed by atoms with Gasteiger partial charge in [0.1, 0.15) is 0 Å². The summed E-state index contributed by atoms with van der Waals surface area (Å²) >= 11 is 9.35. The Balaban J connectivity index is 2.01. The Kier molecular flexibility index (Phi) is 4.39. The van der Waals surface area contributed by atoms with Crippen LogP contribution in [0.3, 0.4) is 0 Å². The van der Waals surface area contributed by atoms with Crippen molar-refractivity contribution >= 4 is 37.6 Å². The number of benzene rings is 1. The smallest absolute Gasteiger partial charge is 0.207 e. The maximum absolute atomic E-state index is 13.1. The molecule has 0 saturated heterocycles. The Morgan fingerprint density at radius 3 is 2.48 bits per heavy atom. The molecule has 1 aromatic rings. The highest BCUT2D eigenvalue weighted by Crippen LogP contribution is 2.40. The van der Waals surface area contributed by atoms with Crippen molar-refractivity contribution in [3.05, 3.63) is 27.7 Å². The van der Waals surface area contributed by atoms with Gasteiger partial charge < -0.3 is 0 Å². The molecule has 3 nitrogen and oxygen atoms in total. The van der Waals surface area contributed by atoms with Gasteiger partial charge in [0.15, 0.2) is 0 Å². The Bertz CT molecular complexity index is 654. The second-order valence-corrected chi connectivity index (χ2v) is 9.03. The van der Waals surface area contributed by atoms with Crippen LogP contribution in [0.25, 0.3) is 0 Å². The summed E-state index contributed by atoms with van der Waals surface area (Å²) in [5, 5.41) is 0. The first-order chi connectivity index (χ1) is 9.93. The topological polar surface area (TPSA) is 37.4 Å². The first-order valence-corrected chi connectivity index (χ1v) is 10.1. The van der Waals surface area contributed by atoms with Crippen molar-refractivity contribution in [1.29, 1.82) is 0 Å². The highest BCUT2D eigenvalue weighted by Gasteiger charge is 2.41. The summed E-state index contributed by atoms with van der Waals surface area (Å²) in [6.45, 7) is 2.57. The number of hydrogen-bond acceptors (Lipinski definition) is 2. The van der Waals surface area contributed by atoms with Gasteiger partial charge in [0, 0.05) is 22.9 Å². The molecule has 1 aromatic carbocycles.